The number of nitrogens with zero attached hydrogens (tertiary/aromatic N) is 3. The summed E-state index contributed by atoms with van der Waals surface area (Å²) in [5.41, 5.74) is 10.3. The van der Waals surface area contributed by atoms with Crippen LogP contribution >= 0.6 is 0 Å². The van der Waals surface area contributed by atoms with Gasteiger partial charge in [0.05, 0.1) is 11.2 Å². The molecule has 4 heteroatoms. The van der Waals surface area contributed by atoms with Crippen LogP contribution in [0.3, 0.4) is 0 Å². The van der Waals surface area contributed by atoms with E-state index in [0.29, 0.717) is 0 Å². The smallest absolute Gasteiger partial charge is 0.138 e. The second-order valence-corrected chi connectivity index (χ2v) is 11.5. The van der Waals surface area contributed by atoms with E-state index in [4.69, 9.17) is 9.40 Å². The Morgan fingerprint density at radius 1 is 0.444 bits per heavy atom. The molecular weight excluding hydrogens is 550 g/mol. The van der Waals surface area contributed by atoms with E-state index in [1.807, 2.05) is 18.2 Å². The van der Waals surface area contributed by atoms with Crippen LogP contribution in [0.4, 0.5) is 34.3 Å². The standard InChI is InChI=1S/C41H31N3O/c1-28-10-8-15-32(24-28)43(31-13-4-3-5-14-31)34-19-21-36-37-22-20-35(27-40(37)45-39(36)26-34)44(33-16-9-11-29(2)25-33)41-23-18-30-12-6-7-17-38(30)42-41/h3-27H,1-2H3. The molecule has 0 aliphatic carbocycles. The summed E-state index contributed by atoms with van der Waals surface area (Å²) in [6, 6.07) is 53.0. The van der Waals surface area contributed by atoms with Crippen molar-refractivity contribution in [2.45, 2.75) is 13.8 Å². The van der Waals surface area contributed by atoms with Crippen LogP contribution in [0.2, 0.25) is 0 Å². The first kappa shape index (κ1) is 26.7. The number of rotatable bonds is 6. The van der Waals surface area contributed by atoms with Gasteiger partial charge in [0, 0.05) is 51.0 Å². The highest BCUT2D eigenvalue weighted by atomic mass is 16.3. The quantitative estimate of drug-likeness (QED) is 0.195. The van der Waals surface area contributed by atoms with Gasteiger partial charge in [0.2, 0.25) is 0 Å². The van der Waals surface area contributed by atoms with Crippen molar-refractivity contribution in [3.05, 3.63) is 163 Å². The number of aromatic nitrogens is 1. The number of anilines is 6. The normalized spacial score (nSPS) is 11.3. The van der Waals surface area contributed by atoms with Gasteiger partial charge in [-0.1, -0.05) is 60.7 Å². The van der Waals surface area contributed by atoms with Gasteiger partial charge in [-0.15, -0.1) is 0 Å². The van der Waals surface area contributed by atoms with Crippen LogP contribution in [-0.2, 0) is 0 Å². The van der Waals surface area contributed by atoms with Gasteiger partial charge < -0.3 is 9.32 Å². The topological polar surface area (TPSA) is 32.5 Å². The van der Waals surface area contributed by atoms with Crippen molar-refractivity contribution in [3.63, 3.8) is 0 Å². The van der Waals surface area contributed by atoms with Crippen molar-refractivity contribution in [1.82, 2.24) is 4.98 Å². The molecule has 8 rings (SSSR count). The van der Waals surface area contributed by atoms with Gasteiger partial charge in [-0.05, 0) is 104 Å². The molecule has 0 atom stereocenters. The number of benzene rings is 6. The molecule has 4 nitrogen and oxygen atoms in total. The van der Waals surface area contributed by atoms with Crippen LogP contribution in [0.5, 0.6) is 0 Å². The summed E-state index contributed by atoms with van der Waals surface area (Å²) in [5, 5.41) is 3.28. The highest BCUT2D eigenvalue weighted by molar-refractivity contribution is 6.07. The van der Waals surface area contributed by atoms with E-state index in [9.17, 15) is 0 Å². The van der Waals surface area contributed by atoms with E-state index in [1.165, 1.54) is 11.1 Å². The van der Waals surface area contributed by atoms with Crippen LogP contribution < -0.4 is 9.80 Å². The van der Waals surface area contributed by atoms with E-state index in [2.05, 4.69) is 157 Å². The molecule has 0 bridgehead atoms. The monoisotopic (exact) mass is 581 g/mol. The molecule has 0 N–H and O–H groups in total. The zero-order valence-corrected chi connectivity index (χ0v) is 25.2. The fraction of sp³-hybridized carbons (Fsp3) is 0.0488. The van der Waals surface area contributed by atoms with Crippen LogP contribution in [0.25, 0.3) is 32.8 Å². The van der Waals surface area contributed by atoms with Crippen LogP contribution in [-0.4, -0.2) is 4.98 Å². The minimum absolute atomic E-state index is 0.833. The Morgan fingerprint density at radius 2 is 1.00 bits per heavy atom. The van der Waals surface area contributed by atoms with Gasteiger partial charge in [0.25, 0.3) is 0 Å². The van der Waals surface area contributed by atoms with Crippen molar-refractivity contribution in [2.75, 3.05) is 9.80 Å². The number of furan rings is 1. The lowest BCUT2D eigenvalue weighted by Crippen LogP contribution is -2.11. The molecule has 2 aromatic heterocycles. The largest absolute Gasteiger partial charge is 0.456 e. The Morgan fingerprint density at radius 3 is 1.67 bits per heavy atom. The summed E-state index contributed by atoms with van der Waals surface area (Å²) in [4.78, 5) is 9.54. The second kappa shape index (κ2) is 11.0. The molecule has 0 amide bonds. The summed E-state index contributed by atoms with van der Waals surface area (Å²) in [6.45, 7) is 4.24. The third-order valence-corrected chi connectivity index (χ3v) is 8.30. The first-order valence-corrected chi connectivity index (χ1v) is 15.2. The fourth-order valence-electron chi connectivity index (χ4n) is 6.18. The van der Waals surface area contributed by atoms with Gasteiger partial charge in [-0.2, -0.15) is 0 Å². The molecule has 0 fully saturated rings. The number of fused-ring (bicyclic) bond motifs is 4. The molecule has 216 valence electrons. The van der Waals surface area contributed by atoms with Gasteiger partial charge in [0.1, 0.15) is 17.0 Å². The Hall–Kier alpha value is -5.87. The maximum atomic E-state index is 6.62. The first-order chi connectivity index (χ1) is 22.1. The molecule has 0 unspecified atom stereocenters. The Bertz CT molecular complexity index is 2320. The third kappa shape index (κ3) is 4.96. The summed E-state index contributed by atoms with van der Waals surface area (Å²) in [5.74, 6) is 0.855. The lowest BCUT2D eigenvalue weighted by molar-refractivity contribution is 0.669. The molecule has 0 saturated heterocycles. The molecule has 0 spiro atoms. The van der Waals surface area contributed by atoms with Gasteiger partial charge >= 0.3 is 0 Å². The molecule has 0 radical (unpaired) electrons. The highest BCUT2D eigenvalue weighted by Crippen LogP contribution is 2.41. The molecule has 0 aliphatic heterocycles. The van der Waals surface area contributed by atoms with Crippen molar-refractivity contribution in [2.24, 2.45) is 0 Å². The number of hydrogen-bond acceptors (Lipinski definition) is 4. The lowest BCUT2D eigenvalue weighted by Gasteiger charge is -2.25. The van der Waals surface area contributed by atoms with Crippen molar-refractivity contribution < 1.29 is 4.42 Å². The number of pyridine rings is 1. The molecule has 0 saturated carbocycles. The zero-order valence-electron chi connectivity index (χ0n) is 25.2. The van der Waals surface area contributed by atoms with E-state index in [1.54, 1.807) is 0 Å². The third-order valence-electron chi connectivity index (χ3n) is 8.30. The van der Waals surface area contributed by atoms with Crippen LogP contribution in [0.15, 0.2) is 156 Å². The Labute approximate surface area is 262 Å². The van der Waals surface area contributed by atoms with E-state index >= 15 is 0 Å². The molecule has 45 heavy (non-hydrogen) atoms. The summed E-state index contributed by atoms with van der Waals surface area (Å²) in [6.07, 6.45) is 0. The van der Waals surface area contributed by atoms with Crippen molar-refractivity contribution in [3.8, 4) is 0 Å². The van der Waals surface area contributed by atoms with Crippen molar-refractivity contribution in [1.29, 1.82) is 0 Å². The van der Waals surface area contributed by atoms with Crippen LogP contribution in [0, 0.1) is 13.8 Å². The summed E-state index contributed by atoms with van der Waals surface area (Å²) in [7, 11) is 0. The molecular formula is C41H31N3O. The number of hydrogen-bond donors (Lipinski definition) is 0. The van der Waals surface area contributed by atoms with Crippen LogP contribution in [0.1, 0.15) is 11.1 Å². The van der Waals surface area contributed by atoms with Crippen molar-refractivity contribution >= 4 is 67.1 Å². The highest BCUT2D eigenvalue weighted by Gasteiger charge is 2.19. The van der Waals surface area contributed by atoms with E-state index < -0.39 is 0 Å². The maximum absolute atomic E-state index is 6.62. The molecule has 0 aliphatic rings. The zero-order chi connectivity index (χ0) is 30.3. The molecule has 8 aromatic rings. The summed E-state index contributed by atoms with van der Waals surface area (Å²) < 4.78 is 6.62. The minimum atomic E-state index is 0.833. The Kier molecular flexibility index (Phi) is 6.54. The Balaban J connectivity index is 1.26. The number of aryl methyl sites for hydroxylation is 2. The first-order valence-electron chi connectivity index (χ1n) is 15.2. The number of para-hydroxylation sites is 2. The predicted molar refractivity (Wildman–Crippen MR) is 188 cm³/mol. The maximum Gasteiger partial charge on any atom is 0.138 e. The predicted octanol–water partition coefficient (Wildman–Crippen LogP) is 11.7. The minimum Gasteiger partial charge on any atom is -0.456 e. The summed E-state index contributed by atoms with van der Waals surface area (Å²) >= 11 is 0. The van der Waals surface area contributed by atoms with Gasteiger partial charge in [-0.3, -0.25) is 4.90 Å². The molecule has 2 heterocycles. The molecule has 6 aromatic carbocycles. The average Bonchev–Trinajstić information content (AvgIpc) is 3.43. The average molecular weight is 582 g/mol. The van der Waals surface area contributed by atoms with E-state index in [-0.39, 0.29) is 0 Å². The SMILES string of the molecule is Cc1cccc(N(c2ccccc2)c2ccc3c(c2)oc2cc(N(c4cccc(C)c4)c4ccc5ccccc5n4)ccc23)c1. The van der Waals surface area contributed by atoms with E-state index in [0.717, 1.165) is 67.1 Å². The second-order valence-electron chi connectivity index (χ2n) is 11.5. The van der Waals surface area contributed by atoms with Gasteiger partial charge in [0.15, 0.2) is 0 Å². The fourth-order valence-corrected chi connectivity index (χ4v) is 6.18. The van der Waals surface area contributed by atoms with Gasteiger partial charge in [-0.25, -0.2) is 4.98 Å². The lowest BCUT2D eigenvalue weighted by atomic mass is 10.1.